The number of ether oxygens (including phenoxy) is 2. The standard InChI is InChI=1S/C19H26F2N2O3/c1-25-19(10-5-2-6-11-19)17(24)22-14-9-12-23(13-14)15-7-3-4-8-16(15)26-18(20)21/h3-4,7-8,14,18H,2,5-6,9-13H2,1H3,(H,22,24). The summed E-state index contributed by atoms with van der Waals surface area (Å²) < 4.78 is 35.4. The monoisotopic (exact) mass is 368 g/mol. The predicted octanol–water partition coefficient (Wildman–Crippen LogP) is 3.33. The van der Waals surface area contributed by atoms with Crippen LogP contribution < -0.4 is 15.0 Å². The number of amides is 1. The predicted molar refractivity (Wildman–Crippen MR) is 94.7 cm³/mol. The van der Waals surface area contributed by atoms with Gasteiger partial charge in [-0.15, -0.1) is 0 Å². The van der Waals surface area contributed by atoms with E-state index in [0.29, 0.717) is 18.8 Å². The molecule has 0 bridgehead atoms. The zero-order chi connectivity index (χ0) is 18.6. The average Bonchev–Trinajstić information content (AvgIpc) is 3.10. The molecule has 144 valence electrons. The molecule has 2 aliphatic rings. The molecule has 7 heteroatoms. The number of rotatable bonds is 6. The van der Waals surface area contributed by atoms with Crippen LogP contribution in [0.25, 0.3) is 0 Å². The molecule has 0 radical (unpaired) electrons. The number of nitrogens with one attached hydrogen (secondary N) is 1. The Morgan fingerprint density at radius 3 is 2.69 bits per heavy atom. The summed E-state index contributed by atoms with van der Waals surface area (Å²) in [4.78, 5) is 14.8. The van der Waals surface area contributed by atoms with Gasteiger partial charge in [-0.2, -0.15) is 8.78 Å². The van der Waals surface area contributed by atoms with Crippen LogP contribution >= 0.6 is 0 Å². The van der Waals surface area contributed by atoms with Crippen molar-refractivity contribution in [1.29, 1.82) is 0 Å². The van der Waals surface area contributed by atoms with Crippen molar-refractivity contribution in [3.05, 3.63) is 24.3 Å². The number of halogens is 2. The molecule has 0 aromatic heterocycles. The summed E-state index contributed by atoms with van der Waals surface area (Å²) in [6.45, 7) is -1.62. The van der Waals surface area contributed by atoms with Gasteiger partial charge in [0.1, 0.15) is 11.4 Å². The highest BCUT2D eigenvalue weighted by Gasteiger charge is 2.41. The molecule has 1 aromatic carbocycles. The van der Waals surface area contributed by atoms with Crippen molar-refractivity contribution in [3.8, 4) is 5.75 Å². The van der Waals surface area contributed by atoms with E-state index >= 15 is 0 Å². The van der Waals surface area contributed by atoms with Gasteiger partial charge in [0, 0.05) is 26.2 Å². The fourth-order valence-corrected chi connectivity index (χ4v) is 3.97. The SMILES string of the molecule is COC1(C(=O)NC2CCN(c3ccccc3OC(F)F)C2)CCCCC1. The van der Waals surface area contributed by atoms with E-state index in [1.165, 1.54) is 6.07 Å². The van der Waals surface area contributed by atoms with Crippen molar-refractivity contribution in [1.82, 2.24) is 5.32 Å². The Morgan fingerprint density at radius 1 is 1.27 bits per heavy atom. The number of para-hydroxylation sites is 2. The van der Waals surface area contributed by atoms with Crippen LogP contribution in [0, 0.1) is 0 Å². The molecule has 1 aliphatic heterocycles. The van der Waals surface area contributed by atoms with Gasteiger partial charge in [-0.3, -0.25) is 4.79 Å². The molecule has 1 saturated carbocycles. The molecule has 5 nitrogen and oxygen atoms in total. The zero-order valence-corrected chi connectivity index (χ0v) is 15.0. The summed E-state index contributed by atoms with van der Waals surface area (Å²) in [6.07, 6.45) is 5.38. The topological polar surface area (TPSA) is 50.8 Å². The molecule has 1 unspecified atom stereocenters. The number of nitrogens with zero attached hydrogens (tertiary/aromatic N) is 1. The van der Waals surface area contributed by atoms with Crippen LogP contribution in [0.15, 0.2) is 24.3 Å². The van der Waals surface area contributed by atoms with Crippen molar-refractivity contribution >= 4 is 11.6 Å². The number of methoxy groups -OCH3 is 1. The first-order chi connectivity index (χ1) is 12.5. The number of carbonyl (C=O) groups excluding carboxylic acids is 1. The van der Waals surface area contributed by atoms with E-state index in [2.05, 4.69) is 10.1 Å². The molecule has 26 heavy (non-hydrogen) atoms. The van der Waals surface area contributed by atoms with Gasteiger partial charge in [0.25, 0.3) is 5.91 Å². The first-order valence-corrected chi connectivity index (χ1v) is 9.19. The lowest BCUT2D eigenvalue weighted by molar-refractivity contribution is -0.148. The van der Waals surface area contributed by atoms with Crippen LogP contribution in [0.3, 0.4) is 0 Å². The van der Waals surface area contributed by atoms with Gasteiger partial charge in [-0.1, -0.05) is 31.4 Å². The molecular weight excluding hydrogens is 342 g/mol. The Kier molecular flexibility index (Phi) is 5.96. The molecule has 2 fully saturated rings. The van der Waals surface area contributed by atoms with Gasteiger partial charge in [0.15, 0.2) is 0 Å². The fourth-order valence-electron chi connectivity index (χ4n) is 3.97. The van der Waals surface area contributed by atoms with Gasteiger partial charge >= 0.3 is 6.61 Å². The van der Waals surface area contributed by atoms with Crippen LogP contribution in [-0.4, -0.2) is 44.4 Å². The van der Waals surface area contributed by atoms with E-state index in [0.717, 1.165) is 38.5 Å². The van der Waals surface area contributed by atoms with Gasteiger partial charge in [-0.05, 0) is 31.4 Å². The van der Waals surface area contributed by atoms with Gasteiger partial charge < -0.3 is 19.7 Å². The third kappa shape index (κ3) is 4.09. The zero-order valence-electron chi connectivity index (χ0n) is 15.0. The summed E-state index contributed by atoms with van der Waals surface area (Å²) in [5, 5.41) is 3.11. The van der Waals surface area contributed by atoms with Gasteiger partial charge in [0.05, 0.1) is 5.69 Å². The third-order valence-corrected chi connectivity index (χ3v) is 5.41. The maximum atomic E-state index is 12.8. The van der Waals surface area contributed by atoms with Gasteiger partial charge in [0.2, 0.25) is 0 Å². The molecule has 1 saturated heterocycles. The second kappa shape index (κ2) is 8.20. The van der Waals surface area contributed by atoms with Crippen LogP contribution in [-0.2, 0) is 9.53 Å². The Balaban J connectivity index is 1.63. The minimum absolute atomic E-state index is 0.0314. The smallest absolute Gasteiger partial charge is 0.387 e. The highest BCUT2D eigenvalue weighted by atomic mass is 19.3. The summed E-state index contributed by atoms with van der Waals surface area (Å²) in [5.74, 6) is 0.110. The molecule has 1 amide bonds. The first kappa shape index (κ1) is 18.9. The maximum absolute atomic E-state index is 12.8. The molecule has 3 rings (SSSR count). The number of benzene rings is 1. The summed E-state index contributed by atoms with van der Waals surface area (Å²) in [5.41, 5.74) is -0.0915. The van der Waals surface area contributed by atoms with E-state index in [1.807, 2.05) is 4.90 Å². The molecule has 1 N–H and O–H groups in total. The lowest BCUT2D eigenvalue weighted by atomic mass is 9.83. The highest BCUT2D eigenvalue weighted by Crippen LogP contribution is 2.33. The first-order valence-electron chi connectivity index (χ1n) is 9.19. The van der Waals surface area contributed by atoms with Crippen molar-refractivity contribution in [2.24, 2.45) is 0 Å². The number of hydrogen-bond donors (Lipinski definition) is 1. The van der Waals surface area contributed by atoms with E-state index in [1.54, 1.807) is 25.3 Å². The molecule has 1 atom stereocenters. The Labute approximate surface area is 152 Å². The average molecular weight is 368 g/mol. The van der Waals surface area contributed by atoms with Crippen LogP contribution in [0.2, 0.25) is 0 Å². The molecular formula is C19H26F2N2O3. The van der Waals surface area contributed by atoms with Crippen molar-refractivity contribution in [3.63, 3.8) is 0 Å². The second-order valence-corrected chi connectivity index (χ2v) is 7.01. The minimum Gasteiger partial charge on any atom is -0.433 e. The van der Waals surface area contributed by atoms with Crippen molar-refractivity contribution < 1.29 is 23.0 Å². The lowest BCUT2D eigenvalue weighted by Gasteiger charge is -2.35. The fraction of sp³-hybridized carbons (Fsp3) is 0.632. The Morgan fingerprint density at radius 2 is 2.00 bits per heavy atom. The van der Waals surface area contributed by atoms with Crippen LogP contribution in [0.4, 0.5) is 14.5 Å². The molecule has 1 aliphatic carbocycles. The second-order valence-electron chi connectivity index (χ2n) is 7.01. The molecule has 0 spiro atoms. The quantitative estimate of drug-likeness (QED) is 0.837. The van der Waals surface area contributed by atoms with Crippen LogP contribution in [0.5, 0.6) is 5.75 Å². The molecule has 1 aromatic rings. The summed E-state index contributed by atoms with van der Waals surface area (Å²) in [6, 6.07) is 6.73. The van der Waals surface area contributed by atoms with Gasteiger partial charge in [-0.25, -0.2) is 0 Å². The van der Waals surface area contributed by atoms with Crippen LogP contribution in [0.1, 0.15) is 38.5 Å². The minimum atomic E-state index is -2.86. The van der Waals surface area contributed by atoms with E-state index < -0.39 is 12.2 Å². The van der Waals surface area contributed by atoms with Crippen molar-refractivity contribution in [2.45, 2.75) is 56.8 Å². The maximum Gasteiger partial charge on any atom is 0.387 e. The lowest BCUT2D eigenvalue weighted by Crippen LogP contribution is -2.52. The molecule has 1 heterocycles. The Bertz CT molecular complexity index is 621. The van der Waals surface area contributed by atoms with E-state index in [9.17, 15) is 13.6 Å². The largest absolute Gasteiger partial charge is 0.433 e. The highest BCUT2D eigenvalue weighted by molar-refractivity contribution is 5.85. The third-order valence-electron chi connectivity index (χ3n) is 5.41. The Hall–Kier alpha value is -1.89. The number of anilines is 1. The summed E-state index contributed by atoms with van der Waals surface area (Å²) in [7, 11) is 1.60. The number of hydrogen-bond acceptors (Lipinski definition) is 4. The number of carbonyl (C=O) groups is 1. The van der Waals surface area contributed by atoms with Crippen molar-refractivity contribution in [2.75, 3.05) is 25.1 Å². The van der Waals surface area contributed by atoms with E-state index in [4.69, 9.17) is 4.74 Å². The summed E-state index contributed by atoms with van der Waals surface area (Å²) >= 11 is 0. The normalized spacial score (nSPS) is 22.5. The number of alkyl halides is 2. The van der Waals surface area contributed by atoms with E-state index in [-0.39, 0.29) is 17.7 Å².